The Morgan fingerprint density at radius 1 is 1.37 bits per heavy atom. The third-order valence-corrected chi connectivity index (χ3v) is 5.51. The van der Waals surface area contributed by atoms with Crippen LogP contribution in [0.3, 0.4) is 0 Å². The van der Waals surface area contributed by atoms with Crippen molar-refractivity contribution in [3.05, 3.63) is 14.5 Å². The Labute approximate surface area is 171 Å². The van der Waals surface area contributed by atoms with Crippen LogP contribution < -0.4 is 5.32 Å². The minimum atomic E-state index is -0.551. The van der Waals surface area contributed by atoms with Gasteiger partial charge in [-0.1, -0.05) is 0 Å². The maximum Gasteiger partial charge on any atom is 0.410 e. The lowest BCUT2D eigenvalue weighted by molar-refractivity contribution is 0.0146. The lowest BCUT2D eigenvalue weighted by Crippen LogP contribution is -2.42. The number of carbonyl (C=O) groups excluding carboxylic acids is 2. The Morgan fingerprint density at radius 3 is 2.67 bits per heavy atom. The van der Waals surface area contributed by atoms with Gasteiger partial charge < -0.3 is 24.4 Å². The van der Waals surface area contributed by atoms with Crippen molar-refractivity contribution in [1.82, 2.24) is 15.2 Å². The highest BCUT2D eigenvalue weighted by Gasteiger charge is 2.37. The van der Waals surface area contributed by atoms with E-state index in [2.05, 4.69) is 26.2 Å². The van der Waals surface area contributed by atoms with Gasteiger partial charge in [-0.25, -0.2) is 14.6 Å². The number of amides is 1. The minimum absolute atomic E-state index is 0.0593. The van der Waals surface area contributed by atoms with Crippen molar-refractivity contribution in [1.29, 1.82) is 0 Å². The summed E-state index contributed by atoms with van der Waals surface area (Å²) in [5.74, 6) is -0.465. The monoisotopic (exact) mass is 463 g/mol. The van der Waals surface area contributed by atoms with Gasteiger partial charge in [0.1, 0.15) is 5.60 Å². The quantitative estimate of drug-likeness (QED) is 0.648. The second-order valence-corrected chi connectivity index (χ2v) is 9.65. The first-order valence-corrected chi connectivity index (χ1v) is 10.2. The molecule has 0 aliphatic carbocycles. The molecule has 10 heteroatoms. The lowest BCUT2D eigenvalue weighted by atomic mass is 10.2. The van der Waals surface area contributed by atoms with E-state index in [9.17, 15) is 9.59 Å². The molecule has 0 unspecified atom stereocenters. The number of halogens is 1. The van der Waals surface area contributed by atoms with Gasteiger partial charge in [-0.15, -0.1) is 11.3 Å². The van der Waals surface area contributed by atoms with E-state index in [0.717, 1.165) is 11.3 Å². The first-order valence-electron chi connectivity index (χ1n) is 8.60. The molecular weight excluding hydrogens is 438 g/mol. The van der Waals surface area contributed by atoms with Crippen LogP contribution in [0.5, 0.6) is 0 Å². The summed E-state index contributed by atoms with van der Waals surface area (Å²) < 4.78 is 16.2. The summed E-state index contributed by atoms with van der Waals surface area (Å²) >= 11 is 4.69. The summed E-state index contributed by atoms with van der Waals surface area (Å²) in [4.78, 5) is 31.0. The minimum Gasteiger partial charge on any atom is -0.464 e. The number of hydrogen-bond donors (Lipinski definition) is 1. The van der Waals surface area contributed by atoms with Gasteiger partial charge in [0.25, 0.3) is 0 Å². The van der Waals surface area contributed by atoms with Crippen LogP contribution in [0.1, 0.15) is 42.6 Å². The molecule has 2 atom stereocenters. The van der Waals surface area contributed by atoms with E-state index < -0.39 is 11.6 Å². The second-order valence-electron chi connectivity index (χ2n) is 7.29. The van der Waals surface area contributed by atoms with E-state index >= 15 is 0 Å². The number of nitrogens with zero attached hydrogens (tertiary/aromatic N) is 2. The predicted molar refractivity (Wildman–Crippen MR) is 105 cm³/mol. The van der Waals surface area contributed by atoms with Crippen molar-refractivity contribution >= 4 is 39.3 Å². The molecule has 0 saturated carbocycles. The van der Waals surface area contributed by atoms with Crippen LogP contribution in [0.25, 0.3) is 0 Å². The number of rotatable bonds is 6. The molecule has 2 rings (SSSR count). The van der Waals surface area contributed by atoms with Crippen molar-refractivity contribution in [2.24, 2.45) is 0 Å². The van der Waals surface area contributed by atoms with Gasteiger partial charge in [0.2, 0.25) is 0 Å². The summed E-state index contributed by atoms with van der Waals surface area (Å²) in [7, 11) is 2.95. The highest BCUT2D eigenvalue weighted by atomic mass is 79.9. The van der Waals surface area contributed by atoms with E-state index in [1.165, 1.54) is 18.4 Å². The summed E-state index contributed by atoms with van der Waals surface area (Å²) in [5.41, 5.74) is -0.248. The van der Waals surface area contributed by atoms with Crippen LogP contribution >= 0.6 is 27.3 Å². The molecule has 1 aromatic rings. The molecule has 2 heterocycles. The van der Waals surface area contributed by atoms with E-state index in [-0.39, 0.29) is 18.2 Å². The zero-order chi connectivity index (χ0) is 20.2. The number of ether oxygens (including phenoxy) is 3. The van der Waals surface area contributed by atoms with Gasteiger partial charge in [0.15, 0.2) is 9.61 Å². The predicted octanol–water partition coefficient (Wildman–Crippen LogP) is 2.81. The second kappa shape index (κ2) is 9.31. The summed E-state index contributed by atoms with van der Waals surface area (Å²) in [6, 6.07) is -0.000310. The van der Waals surface area contributed by atoms with Crippen molar-refractivity contribution < 1.29 is 23.8 Å². The molecule has 8 nitrogen and oxygen atoms in total. The van der Waals surface area contributed by atoms with Gasteiger partial charge in [0.05, 0.1) is 24.6 Å². The zero-order valence-corrected chi connectivity index (χ0v) is 18.6. The molecule has 1 N–H and O–H groups in total. The molecule has 1 amide bonds. The SMILES string of the molecule is COC[C@@H]1C[C@@H](NCc2sc(Br)nc2C(=O)OC)CN1C(=O)OC(C)(C)C. The Balaban J connectivity index is 2.02. The summed E-state index contributed by atoms with van der Waals surface area (Å²) in [6.45, 7) is 6.95. The Kier molecular flexibility index (Phi) is 7.61. The standard InChI is InChI=1S/C17H26BrN3O5S/c1-17(2,3)26-16(23)21-8-10(6-11(21)9-24-4)19-7-12-13(14(22)25-5)20-15(18)27-12/h10-11,19H,6-9H2,1-5H3/t10-,11+/m1/s1. The van der Waals surface area contributed by atoms with Crippen LogP contribution in [-0.2, 0) is 20.8 Å². The molecule has 1 fully saturated rings. The van der Waals surface area contributed by atoms with Crippen molar-refractivity contribution in [2.75, 3.05) is 27.4 Å². The van der Waals surface area contributed by atoms with Crippen molar-refractivity contribution in [3.8, 4) is 0 Å². The first kappa shape index (κ1) is 22.1. The van der Waals surface area contributed by atoms with Gasteiger partial charge in [0, 0.05) is 26.2 Å². The molecule has 1 saturated heterocycles. The smallest absolute Gasteiger partial charge is 0.410 e. The number of nitrogens with one attached hydrogen (secondary N) is 1. The maximum absolute atomic E-state index is 12.5. The van der Waals surface area contributed by atoms with Gasteiger partial charge in [-0.05, 0) is 43.1 Å². The average Bonchev–Trinajstić information content (AvgIpc) is 3.14. The Bertz CT molecular complexity index is 676. The molecule has 1 aliphatic heterocycles. The zero-order valence-electron chi connectivity index (χ0n) is 16.2. The third-order valence-electron chi connectivity index (χ3n) is 4.00. The molecule has 0 aromatic carbocycles. The third kappa shape index (κ3) is 6.13. The number of aromatic nitrogens is 1. The van der Waals surface area contributed by atoms with Crippen LogP contribution in [0.4, 0.5) is 4.79 Å². The topological polar surface area (TPSA) is 90.0 Å². The number of likely N-dealkylation sites (tertiary alicyclic amines) is 1. The number of hydrogen-bond acceptors (Lipinski definition) is 8. The van der Waals surface area contributed by atoms with Gasteiger partial charge in [-0.3, -0.25) is 0 Å². The molecule has 27 heavy (non-hydrogen) atoms. The van der Waals surface area contributed by atoms with Gasteiger partial charge >= 0.3 is 12.1 Å². The van der Waals surface area contributed by atoms with E-state index in [1.54, 1.807) is 12.0 Å². The average molecular weight is 464 g/mol. The molecule has 0 spiro atoms. The van der Waals surface area contributed by atoms with E-state index in [1.807, 2.05) is 20.8 Å². The van der Waals surface area contributed by atoms with Gasteiger partial charge in [-0.2, -0.15) is 0 Å². The van der Waals surface area contributed by atoms with Crippen LogP contribution in [0, 0.1) is 0 Å². The highest BCUT2D eigenvalue weighted by Crippen LogP contribution is 2.26. The maximum atomic E-state index is 12.5. The fourth-order valence-electron chi connectivity index (χ4n) is 2.90. The summed E-state index contributed by atoms with van der Waals surface area (Å²) in [5, 5.41) is 3.40. The molecule has 1 aromatic heterocycles. The fourth-order valence-corrected chi connectivity index (χ4v) is 4.38. The van der Waals surface area contributed by atoms with E-state index in [0.29, 0.717) is 29.3 Å². The van der Waals surface area contributed by atoms with Crippen LogP contribution in [-0.4, -0.2) is 67.0 Å². The molecule has 152 valence electrons. The van der Waals surface area contributed by atoms with E-state index in [4.69, 9.17) is 14.2 Å². The molecule has 0 bridgehead atoms. The molecule has 0 radical (unpaired) electrons. The van der Waals surface area contributed by atoms with Crippen LogP contribution in [0.2, 0.25) is 0 Å². The summed E-state index contributed by atoms with van der Waals surface area (Å²) in [6.07, 6.45) is 0.394. The Hall–Kier alpha value is -1.23. The fraction of sp³-hybridized carbons (Fsp3) is 0.706. The number of methoxy groups -OCH3 is 2. The number of thiazole rings is 1. The van der Waals surface area contributed by atoms with Crippen LogP contribution in [0.15, 0.2) is 3.92 Å². The highest BCUT2D eigenvalue weighted by molar-refractivity contribution is 9.11. The number of carbonyl (C=O) groups is 2. The Morgan fingerprint density at radius 2 is 2.07 bits per heavy atom. The first-order chi connectivity index (χ1) is 12.6. The van der Waals surface area contributed by atoms with Crippen molar-refractivity contribution in [3.63, 3.8) is 0 Å². The molecule has 1 aliphatic rings. The molecular formula is C17H26BrN3O5S. The van der Waals surface area contributed by atoms with Crippen molar-refractivity contribution in [2.45, 2.75) is 51.4 Å². The largest absolute Gasteiger partial charge is 0.464 e. The lowest BCUT2D eigenvalue weighted by Gasteiger charge is -2.28. The number of esters is 1. The normalized spacial score (nSPS) is 20.0.